The van der Waals surface area contributed by atoms with Crippen molar-refractivity contribution in [1.82, 2.24) is 0 Å². The number of methoxy groups -OCH3 is 1. The summed E-state index contributed by atoms with van der Waals surface area (Å²) in [5.74, 6) is 0.162. The quantitative estimate of drug-likeness (QED) is 0.872. The molecule has 2 aromatic rings. The number of rotatable bonds is 4. The molecule has 0 bridgehead atoms. The van der Waals surface area contributed by atoms with Crippen LogP contribution >= 0.6 is 0 Å². The number of aliphatic hydroxyl groups excluding tert-OH is 1. The molecule has 0 saturated carbocycles. The summed E-state index contributed by atoms with van der Waals surface area (Å²) in [6.07, 6.45) is 0. The first-order valence-electron chi connectivity index (χ1n) is 7.45. The Morgan fingerprint density at radius 1 is 1.13 bits per heavy atom. The summed E-state index contributed by atoms with van der Waals surface area (Å²) in [5.41, 5.74) is 2.30. The number of esters is 1. The molecule has 2 aromatic carbocycles. The molecule has 0 saturated heterocycles. The second kappa shape index (κ2) is 6.84. The molecule has 0 radical (unpaired) electrons. The summed E-state index contributed by atoms with van der Waals surface area (Å²) in [4.78, 5) is 12.3. The van der Waals surface area contributed by atoms with Gasteiger partial charge in [0.25, 0.3) is 0 Å². The summed E-state index contributed by atoms with van der Waals surface area (Å²) in [7, 11) is 1.55. The van der Waals surface area contributed by atoms with E-state index in [9.17, 15) is 9.90 Å². The van der Waals surface area contributed by atoms with E-state index >= 15 is 0 Å². The normalized spacial score (nSPS) is 11.2. The maximum Gasteiger partial charge on any atom is 0.338 e. The van der Waals surface area contributed by atoms with E-state index in [-0.39, 0.29) is 6.61 Å². The first-order valence-corrected chi connectivity index (χ1v) is 7.45. The Bertz CT molecular complexity index is 699. The molecule has 0 heterocycles. The van der Waals surface area contributed by atoms with Gasteiger partial charge in [0.2, 0.25) is 0 Å². The number of ether oxygens (including phenoxy) is 2. The van der Waals surface area contributed by atoms with Gasteiger partial charge >= 0.3 is 5.97 Å². The van der Waals surface area contributed by atoms with Crippen LogP contribution in [-0.2, 0) is 11.3 Å². The van der Waals surface area contributed by atoms with Gasteiger partial charge in [-0.15, -0.1) is 0 Å². The molecule has 0 atom stereocenters. The predicted octanol–water partition coefficient (Wildman–Crippen LogP) is 3.81. The van der Waals surface area contributed by atoms with E-state index in [1.165, 1.54) is 0 Å². The van der Waals surface area contributed by atoms with Gasteiger partial charge in [-0.05, 0) is 55.7 Å². The minimum atomic E-state index is -0.566. The Morgan fingerprint density at radius 2 is 1.83 bits per heavy atom. The third-order valence-electron chi connectivity index (χ3n) is 3.28. The van der Waals surface area contributed by atoms with Gasteiger partial charge in [0.1, 0.15) is 11.4 Å². The molecule has 2 rings (SSSR count). The van der Waals surface area contributed by atoms with Crippen molar-refractivity contribution in [1.29, 1.82) is 0 Å². The molecule has 0 spiro atoms. The van der Waals surface area contributed by atoms with Crippen molar-refractivity contribution in [2.75, 3.05) is 7.11 Å². The number of hydrogen-bond donors (Lipinski definition) is 1. The Hall–Kier alpha value is -2.33. The lowest BCUT2D eigenvalue weighted by Gasteiger charge is -2.20. The van der Waals surface area contributed by atoms with E-state index < -0.39 is 11.6 Å². The topological polar surface area (TPSA) is 55.8 Å². The fraction of sp³-hybridized carbons (Fsp3) is 0.316. The van der Waals surface area contributed by atoms with Gasteiger partial charge in [-0.2, -0.15) is 0 Å². The first-order chi connectivity index (χ1) is 10.8. The van der Waals surface area contributed by atoms with Gasteiger partial charge in [0.05, 0.1) is 19.3 Å². The summed E-state index contributed by atoms with van der Waals surface area (Å²) in [5, 5.41) is 9.51. The van der Waals surface area contributed by atoms with E-state index in [1.807, 2.05) is 51.1 Å². The molecule has 4 nitrogen and oxygen atoms in total. The van der Waals surface area contributed by atoms with Crippen molar-refractivity contribution in [3.63, 3.8) is 0 Å². The van der Waals surface area contributed by atoms with Gasteiger partial charge in [-0.25, -0.2) is 4.79 Å². The highest BCUT2D eigenvalue weighted by atomic mass is 16.6. The lowest BCUT2D eigenvalue weighted by atomic mass is 9.98. The molecule has 0 unspecified atom stereocenters. The van der Waals surface area contributed by atoms with Crippen LogP contribution in [0.2, 0.25) is 0 Å². The molecule has 0 amide bonds. The smallest absolute Gasteiger partial charge is 0.338 e. The average molecular weight is 314 g/mol. The summed E-state index contributed by atoms with van der Waals surface area (Å²) in [6, 6.07) is 12.7. The fourth-order valence-electron chi connectivity index (χ4n) is 2.27. The third-order valence-corrected chi connectivity index (χ3v) is 3.28. The molecule has 0 aromatic heterocycles. The lowest BCUT2D eigenvalue weighted by Crippen LogP contribution is -2.23. The van der Waals surface area contributed by atoms with Crippen molar-refractivity contribution < 1.29 is 19.4 Å². The van der Waals surface area contributed by atoms with Crippen LogP contribution < -0.4 is 4.74 Å². The number of benzene rings is 2. The first kappa shape index (κ1) is 17.0. The van der Waals surface area contributed by atoms with E-state index in [2.05, 4.69) is 0 Å². The molecule has 0 aliphatic heterocycles. The number of carbonyl (C=O) groups excluding carboxylic acids is 1. The molecular formula is C19H22O4. The molecule has 0 aliphatic carbocycles. The van der Waals surface area contributed by atoms with E-state index in [0.29, 0.717) is 11.3 Å². The standard InChI is InChI=1S/C19H22O4/c1-19(2,3)23-18(21)15-9-14(10-16(11-15)22-4)17-8-6-5-7-13(17)12-20/h5-11,20H,12H2,1-4H3. The largest absolute Gasteiger partial charge is 0.497 e. The Kier molecular flexibility index (Phi) is 5.06. The van der Waals surface area contributed by atoms with Crippen LogP contribution in [-0.4, -0.2) is 23.8 Å². The molecule has 1 N–H and O–H groups in total. The SMILES string of the molecule is COc1cc(C(=O)OC(C)(C)C)cc(-c2ccccc2CO)c1. The summed E-state index contributed by atoms with van der Waals surface area (Å²) in [6.45, 7) is 5.41. The summed E-state index contributed by atoms with van der Waals surface area (Å²) >= 11 is 0. The van der Waals surface area contributed by atoms with Crippen LogP contribution in [0, 0.1) is 0 Å². The maximum absolute atomic E-state index is 12.3. The molecule has 122 valence electrons. The van der Waals surface area contributed by atoms with Gasteiger partial charge in [-0.1, -0.05) is 24.3 Å². The lowest BCUT2D eigenvalue weighted by molar-refractivity contribution is 0.00692. The van der Waals surface area contributed by atoms with Gasteiger partial charge in [0, 0.05) is 0 Å². The van der Waals surface area contributed by atoms with E-state index in [0.717, 1.165) is 16.7 Å². The molecule has 0 aliphatic rings. The minimum absolute atomic E-state index is 0.0743. The van der Waals surface area contributed by atoms with Crippen LogP contribution in [0.4, 0.5) is 0 Å². The predicted molar refractivity (Wildman–Crippen MR) is 89.5 cm³/mol. The minimum Gasteiger partial charge on any atom is -0.497 e. The highest BCUT2D eigenvalue weighted by Crippen LogP contribution is 2.29. The molecule has 4 heteroatoms. The van der Waals surface area contributed by atoms with E-state index in [1.54, 1.807) is 19.2 Å². The second-order valence-corrected chi connectivity index (χ2v) is 6.27. The zero-order valence-corrected chi connectivity index (χ0v) is 13.9. The van der Waals surface area contributed by atoms with Crippen LogP contribution in [0.25, 0.3) is 11.1 Å². The van der Waals surface area contributed by atoms with Gasteiger partial charge in [0.15, 0.2) is 0 Å². The van der Waals surface area contributed by atoms with Crippen molar-refractivity contribution in [2.24, 2.45) is 0 Å². The Labute approximate surface area is 136 Å². The Morgan fingerprint density at radius 3 is 2.43 bits per heavy atom. The zero-order chi connectivity index (χ0) is 17.0. The fourth-order valence-corrected chi connectivity index (χ4v) is 2.27. The highest BCUT2D eigenvalue weighted by molar-refractivity contribution is 5.92. The number of hydrogen-bond acceptors (Lipinski definition) is 4. The maximum atomic E-state index is 12.3. The van der Waals surface area contributed by atoms with Crippen LogP contribution in [0.1, 0.15) is 36.7 Å². The second-order valence-electron chi connectivity index (χ2n) is 6.27. The molecular weight excluding hydrogens is 292 g/mol. The number of aliphatic hydroxyl groups is 1. The molecule has 23 heavy (non-hydrogen) atoms. The van der Waals surface area contributed by atoms with Crippen LogP contribution in [0.3, 0.4) is 0 Å². The van der Waals surface area contributed by atoms with Crippen LogP contribution in [0.15, 0.2) is 42.5 Å². The van der Waals surface area contributed by atoms with E-state index in [4.69, 9.17) is 9.47 Å². The van der Waals surface area contributed by atoms with Crippen LogP contribution in [0.5, 0.6) is 5.75 Å². The monoisotopic (exact) mass is 314 g/mol. The van der Waals surface area contributed by atoms with Crippen molar-refractivity contribution in [3.05, 3.63) is 53.6 Å². The third kappa shape index (κ3) is 4.33. The van der Waals surface area contributed by atoms with Crippen molar-refractivity contribution in [2.45, 2.75) is 33.0 Å². The number of carbonyl (C=O) groups is 1. The highest BCUT2D eigenvalue weighted by Gasteiger charge is 2.19. The Balaban J connectivity index is 2.49. The average Bonchev–Trinajstić information content (AvgIpc) is 2.52. The van der Waals surface area contributed by atoms with Gasteiger partial charge in [-0.3, -0.25) is 0 Å². The summed E-state index contributed by atoms with van der Waals surface area (Å²) < 4.78 is 10.7. The zero-order valence-electron chi connectivity index (χ0n) is 13.9. The van der Waals surface area contributed by atoms with Crippen molar-refractivity contribution >= 4 is 5.97 Å². The molecule has 0 fully saturated rings. The van der Waals surface area contributed by atoms with Crippen molar-refractivity contribution in [3.8, 4) is 16.9 Å². The van der Waals surface area contributed by atoms with Gasteiger partial charge < -0.3 is 14.6 Å².